The summed E-state index contributed by atoms with van der Waals surface area (Å²) in [7, 11) is 0. The van der Waals surface area contributed by atoms with Crippen LogP contribution >= 0.6 is 0 Å². The minimum absolute atomic E-state index is 0.0889. The third-order valence-corrected chi connectivity index (χ3v) is 6.29. The van der Waals surface area contributed by atoms with Crippen molar-refractivity contribution in [3.63, 3.8) is 0 Å². The molecule has 6 nitrogen and oxygen atoms in total. The fraction of sp³-hybridized carbons (Fsp3) is 0.440. The molecule has 3 fully saturated rings. The highest BCUT2D eigenvalue weighted by atomic mass is 16.6. The molecular formula is C25H27NO5. The number of ketones is 1. The number of amides is 1. The lowest BCUT2D eigenvalue weighted by Crippen LogP contribution is -2.44. The molecule has 5 rings (SSSR count). The number of carbonyl (C=O) groups is 2. The second kappa shape index (κ2) is 8.44. The number of benzene rings is 2. The molecule has 2 aromatic rings. The summed E-state index contributed by atoms with van der Waals surface area (Å²) in [6.45, 7) is 2.92. The molecule has 1 amide bonds. The normalized spacial score (nSPS) is 27.0. The van der Waals surface area contributed by atoms with Gasteiger partial charge in [0, 0.05) is 23.8 Å². The Balaban J connectivity index is 1.20. The van der Waals surface area contributed by atoms with E-state index in [2.05, 4.69) is 5.32 Å². The molecule has 0 aromatic heterocycles. The number of fused-ring (bicyclic) bond motifs is 1. The van der Waals surface area contributed by atoms with E-state index in [4.69, 9.17) is 14.2 Å². The van der Waals surface area contributed by atoms with Crippen LogP contribution in [0, 0.1) is 18.8 Å². The fourth-order valence-electron chi connectivity index (χ4n) is 4.48. The van der Waals surface area contributed by atoms with Gasteiger partial charge in [-0.1, -0.05) is 18.2 Å². The molecule has 0 bridgehead atoms. The Bertz CT molecular complexity index is 985. The SMILES string of the molecule is Cc1cccc(Oc2cccc(C(=O)N[C@H]3CO[C@@H]4[C@@H](CC(=O)C5CC5)CO[C@@H]43)c2)c1. The molecule has 1 aliphatic carbocycles. The summed E-state index contributed by atoms with van der Waals surface area (Å²) in [4.78, 5) is 25.1. The lowest BCUT2D eigenvalue weighted by molar-refractivity contribution is -0.121. The maximum Gasteiger partial charge on any atom is 0.251 e. The van der Waals surface area contributed by atoms with Crippen molar-refractivity contribution in [3.8, 4) is 11.5 Å². The largest absolute Gasteiger partial charge is 0.457 e. The fourth-order valence-corrected chi connectivity index (χ4v) is 4.48. The topological polar surface area (TPSA) is 73.9 Å². The van der Waals surface area contributed by atoms with Crippen LogP contribution in [0.3, 0.4) is 0 Å². The first-order valence-electron chi connectivity index (χ1n) is 11.0. The molecule has 0 radical (unpaired) electrons. The van der Waals surface area contributed by atoms with Crippen molar-refractivity contribution in [2.45, 2.75) is 44.4 Å². The number of carbonyl (C=O) groups excluding carboxylic acids is 2. The standard InChI is InChI=1S/C25H27NO5/c1-15-4-2-6-19(10-15)31-20-7-3-5-17(11-20)25(28)26-21-14-30-23-18(13-29-24(21)23)12-22(27)16-8-9-16/h2-7,10-11,16,18,21,23-24H,8-9,12-14H2,1H3,(H,26,28)/t18-,21-,23+,24+/m0/s1. The van der Waals surface area contributed by atoms with E-state index in [0.717, 1.165) is 24.2 Å². The maximum absolute atomic E-state index is 12.9. The van der Waals surface area contributed by atoms with Crippen LogP contribution in [0.15, 0.2) is 48.5 Å². The number of ether oxygens (including phenoxy) is 3. The van der Waals surface area contributed by atoms with Crippen molar-refractivity contribution >= 4 is 11.7 Å². The van der Waals surface area contributed by atoms with E-state index in [9.17, 15) is 9.59 Å². The number of nitrogens with one attached hydrogen (secondary N) is 1. The van der Waals surface area contributed by atoms with Gasteiger partial charge in [0.2, 0.25) is 0 Å². The summed E-state index contributed by atoms with van der Waals surface area (Å²) in [6, 6.07) is 14.7. The number of hydrogen-bond donors (Lipinski definition) is 1. The smallest absolute Gasteiger partial charge is 0.251 e. The maximum atomic E-state index is 12.9. The lowest BCUT2D eigenvalue weighted by Gasteiger charge is -2.18. The number of Topliss-reactive ketones (excluding diaryl/α,β-unsaturated/α-hetero) is 1. The minimum atomic E-state index is -0.222. The zero-order valence-electron chi connectivity index (χ0n) is 17.6. The number of rotatable bonds is 7. The van der Waals surface area contributed by atoms with Crippen LogP contribution in [-0.2, 0) is 14.3 Å². The second-order valence-electron chi connectivity index (χ2n) is 8.83. The van der Waals surface area contributed by atoms with E-state index in [1.807, 2.05) is 37.3 Å². The summed E-state index contributed by atoms with van der Waals surface area (Å²) < 4.78 is 17.8. The van der Waals surface area contributed by atoms with E-state index in [0.29, 0.717) is 36.7 Å². The Kier molecular flexibility index (Phi) is 5.50. The van der Waals surface area contributed by atoms with E-state index in [1.165, 1.54) is 0 Å². The van der Waals surface area contributed by atoms with E-state index < -0.39 is 0 Å². The average Bonchev–Trinajstić information content (AvgIpc) is 3.43. The van der Waals surface area contributed by atoms with Crippen LogP contribution in [0.2, 0.25) is 0 Å². The molecule has 0 unspecified atom stereocenters. The van der Waals surface area contributed by atoms with Crippen molar-refractivity contribution < 1.29 is 23.8 Å². The van der Waals surface area contributed by atoms with Crippen molar-refractivity contribution in [2.24, 2.45) is 11.8 Å². The van der Waals surface area contributed by atoms with Gasteiger partial charge in [-0.15, -0.1) is 0 Å². The van der Waals surface area contributed by atoms with E-state index >= 15 is 0 Å². The first-order valence-corrected chi connectivity index (χ1v) is 11.0. The quantitative estimate of drug-likeness (QED) is 0.739. The van der Waals surface area contributed by atoms with Crippen LogP contribution in [0.4, 0.5) is 0 Å². The van der Waals surface area contributed by atoms with Gasteiger partial charge in [0.1, 0.15) is 23.4 Å². The predicted molar refractivity (Wildman–Crippen MR) is 114 cm³/mol. The molecule has 6 heteroatoms. The van der Waals surface area contributed by atoms with Crippen LogP contribution in [0.25, 0.3) is 0 Å². The Hall–Kier alpha value is -2.70. The van der Waals surface area contributed by atoms with Crippen LogP contribution in [0.1, 0.15) is 35.2 Å². The first-order chi connectivity index (χ1) is 15.1. The molecular weight excluding hydrogens is 394 g/mol. The molecule has 31 heavy (non-hydrogen) atoms. The molecule has 1 saturated carbocycles. The van der Waals surface area contributed by atoms with Gasteiger partial charge in [-0.05, 0) is 55.7 Å². The van der Waals surface area contributed by atoms with Crippen LogP contribution < -0.4 is 10.1 Å². The van der Waals surface area contributed by atoms with Gasteiger partial charge in [-0.2, -0.15) is 0 Å². The third-order valence-electron chi connectivity index (χ3n) is 6.29. The lowest BCUT2D eigenvalue weighted by atomic mass is 9.94. The van der Waals surface area contributed by atoms with Gasteiger partial charge in [0.05, 0.1) is 25.4 Å². The summed E-state index contributed by atoms with van der Waals surface area (Å²) in [5, 5.41) is 3.05. The van der Waals surface area contributed by atoms with Crippen LogP contribution in [-0.4, -0.2) is 43.2 Å². The molecule has 2 heterocycles. The Morgan fingerprint density at radius 2 is 1.74 bits per heavy atom. The van der Waals surface area contributed by atoms with Gasteiger partial charge in [0.25, 0.3) is 5.91 Å². The predicted octanol–water partition coefficient (Wildman–Crippen LogP) is 3.67. The highest BCUT2D eigenvalue weighted by Crippen LogP contribution is 2.37. The van der Waals surface area contributed by atoms with Crippen molar-refractivity contribution in [3.05, 3.63) is 59.7 Å². The molecule has 162 valence electrons. The van der Waals surface area contributed by atoms with E-state index in [1.54, 1.807) is 18.2 Å². The van der Waals surface area contributed by atoms with E-state index in [-0.39, 0.29) is 36.0 Å². The van der Waals surface area contributed by atoms with Crippen molar-refractivity contribution in [2.75, 3.05) is 13.2 Å². The second-order valence-corrected chi connectivity index (χ2v) is 8.83. The first kappa shape index (κ1) is 20.2. The summed E-state index contributed by atoms with van der Waals surface area (Å²) in [5.74, 6) is 1.82. The highest BCUT2D eigenvalue weighted by molar-refractivity contribution is 5.94. The number of aryl methyl sites for hydroxylation is 1. The minimum Gasteiger partial charge on any atom is -0.457 e. The molecule has 0 spiro atoms. The zero-order valence-corrected chi connectivity index (χ0v) is 17.6. The average molecular weight is 421 g/mol. The summed E-state index contributed by atoms with van der Waals surface area (Å²) in [6.07, 6.45) is 2.24. The molecule has 1 N–H and O–H groups in total. The van der Waals surface area contributed by atoms with Gasteiger partial charge in [-0.3, -0.25) is 9.59 Å². The molecule has 2 aliphatic heterocycles. The van der Waals surface area contributed by atoms with Gasteiger partial charge >= 0.3 is 0 Å². The highest BCUT2D eigenvalue weighted by Gasteiger charge is 2.49. The summed E-state index contributed by atoms with van der Waals surface area (Å²) in [5.41, 5.74) is 1.63. The molecule has 4 atom stereocenters. The third kappa shape index (κ3) is 4.50. The molecule has 2 aromatic carbocycles. The van der Waals surface area contributed by atoms with Crippen LogP contribution in [0.5, 0.6) is 11.5 Å². The zero-order chi connectivity index (χ0) is 21.4. The van der Waals surface area contributed by atoms with Crippen molar-refractivity contribution in [1.29, 1.82) is 0 Å². The van der Waals surface area contributed by atoms with Gasteiger partial charge < -0.3 is 19.5 Å². The Morgan fingerprint density at radius 3 is 2.52 bits per heavy atom. The van der Waals surface area contributed by atoms with Crippen molar-refractivity contribution in [1.82, 2.24) is 5.32 Å². The summed E-state index contributed by atoms with van der Waals surface area (Å²) >= 11 is 0. The Morgan fingerprint density at radius 1 is 1.00 bits per heavy atom. The van der Waals surface area contributed by atoms with Gasteiger partial charge in [-0.25, -0.2) is 0 Å². The molecule has 3 aliphatic rings. The van der Waals surface area contributed by atoms with Gasteiger partial charge in [0.15, 0.2) is 0 Å². The molecule has 2 saturated heterocycles. The number of hydrogen-bond acceptors (Lipinski definition) is 5. The Labute approximate surface area is 181 Å². The monoisotopic (exact) mass is 421 g/mol.